The van der Waals surface area contributed by atoms with Crippen LogP contribution < -0.4 is 5.32 Å². The summed E-state index contributed by atoms with van der Waals surface area (Å²) >= 11 is 1.27. The van der Waals surface area contributed by atoms with E-state index in [9.17, 15) is 18.0 Å². The quantitative estimate of drug-likeness (QED) is 0.610. The van der Waals surface area contributed by atoms with E-state index < -0.39 is 28.9 Å². The molecule has 2 aromatic carbocycles. The molecule has 0 saturated carbocycles. The molecular weight excluding hydrogens is 415 g/mol. The fourth-order valence-corrected chi connectivity index (χ4v) is 4.18. The smallest absolute Gasteiger partial charge is 0.260 e. The molecule has 4 rings (SSSR count). The molecule has 1 amide bonds. The van der Waals surface area contributed by atoms with Crippen LogP contribution in [0.2, 0.25) is 0 Å². The lowest BCUT2D eigenvalue weighted by Crippen LogP contribution is -2.35. The normalized spacial score (nSPS) is 14.6. The van der Waals surface area contributed by atoms with Crippen LogP contribution in [0.1, 0.15) is 15.2 Å². The lowest BCUT2D eigenvalue weighted by molar-refractivity contribution is 0.0347. The summed E-state index contributed by atoms with van der Waals surface area (Å²) in [5.41, 5.74) is 1.02. The maximum atomic E-state index is 14.0. The first-order valence-corrected chi connectivity index (χ1v) is 10.1. The van der Waals surface area contributed by atoms with Crippen molar-refractivity contribution < 1.29 is 22.7 Å². The zero-order chi connectivity index (χ0) is 21.1. The van der Waals surface area contributed by atoms with Crippen LogP contribution in [-0.4, -0.2) is 42.1 Å². The van der Waals surface area contributed by atoms with Crippen LogP contribution in [0.25, 0.3) is 11.3 Å². The van der Waals surface area contributed by atoms with Gasteiger partial charge in [-0.3, -0.25) is 15.0 Å². The van der Waals surface area contributed by atoms with Crippen molar-refractivity contribution >= 4 is 22.4 Å². The van der Waals surface area contributed by atoms with Gasteiger partial charge in [-0.1, -0.05) is 41.7 Å². The number of nitrogens with zero attached hydrogens (tertiary/aromatic N) is 2. The highest BCUT2D eigenvalue weighted by molar-refractivity contribution is 7.16. The van der Waals surface area contributed by atoms with Crippen molar-refractivity contribution in [2.75, 3.05) is 31.6 Å². The lowest BCUT2D eigenvalue weighted by Gasteiger charge is -2.26. The summed E-state index contributed by atoms with van der Waals surface area (Å²) in [4.78, 5) is 20.1. The highest BCUT2D eigenvalue weighted by atomic mass is 32.1. The third-order valence-electron chi connectivity index (χ3n) is 4.72. The van der Waals surface area contributed by atoms with Crippen molar-refractivity contribution in [3.8, 4) is 11.3 Å². The summed E-state index contributed by atoms with van der Waals surface area (Å²) in [6.07, 6.45) is 0. The topological polar surface area (TPSA) is 54.5 Å². The Morgan fingerprint density at radius 2 is 1.80 bits per heavy atom. The van der Waals surface area contributed by atoms with Gasteiger partial charge in [-0.15, -0.1) is 0 Å². The number of nitrogens with one attached hydrogen (secondary N) is 1. The van der Waals surface area contributed by atoms with Crippen LogP contribution in [0.4, 0.5) is 18.3 Å². The highest BCUT2D eigenvalue weighted by Crippen LogP contribution is 2.33. The SMILES string of the molecule is O=C(Nc1nc(-c2ccccc2)c(CN2CCOCC2)s1)c1ccc(F)c(F)c1F. The highest BCUT2D eigenvalue weighted by Gasteiger charge is 2.22. The Labute approximate surface area is 175 Å². The van der Waals surface area contributed by atoms with Crippen molar-refractivity contribution in [1.29, 1.82) is 0 Å². The van der Waals surface area contributed by atoms with Crippen LogP contribution in [0, 0.1) is 17.5 Å². The Morgan fingerprint density at radius 3 is 2.53 bits per heavy atom. The monoisotopic (exact) mass is 433 g/mol. The van der Waals surface area contributed by atoms with E-state index in [-0.39, 0.29) is 5.13 Å². The zero-order valence-corrected chi connectivity index (χ0v) is 16.6. The molecule has 156 valence electrons. The van der Waals surface area contributed by atoms with Crippen molar-refractivity contribution in [2.45, 2.75) is 6.54 Å². The van der Waals surface area contributed by atoms with Crippen molar-refractivity contribution in [1.82, 2.24) is 9.88 Å². The minimum Gasteiger partial charge on any atom is -0.379 e. The minimum atomic E-state index is -1.68. The van der Waals surface area contributed by atoms with Crippen LogP contribution in [0.15, 0.2) is 42.5 Å². The summed E-state index contributed by atoms with van der Waals surface area (Å²) in [7, 11) is 0. The van der Waals surface area contributed by atoms with E-state index in [0.29, 0.717) is 31.5 Å². The number of halogens is 3. The number of hydrogen-bond acceptors (Lipinski definition) is 5. The molecule has 1 aliphatic rings. The first kappa shape index (κ1) is 20.5. The van der Waals surface area contributed by atoms with Gasteiger partial charge in [0.2, 0.25) is 0 Å². The van der Waals surface area contributed by atoms with Gasteiger partial charge in [0.25, 0.3) is 5.91 Å². The number of ether oxygens (including phenoxy) is 1. The van der Waals surface area contributed by atoms with Gasteiger partial charge in [-0.25, -0.2) is 18.2 Å². The number of anilines is 1. The van der Waals surface area contributed by atoms with Gasteiger partial charge in [-0.05, 0) is 12.1 Å². The van der Waals surface area contributed by atoms with E-state index in [1.165, 1.54) is 11.3 Å². The Hall–Kier alpha value is -2.75. The van der Waals surface area contributed by atoms with E-state index in [2.05, 4.69) is 15.2 Å². The Bertz CT molecular complexity index is 1050. The summed E-state index contributed by atoms with van der Waals surface area (Å²) in [5.74, 6) is -5.45. The number of rotatable bonds is 5. The van der Waals surface area contributed by atoms with Gasteiger partial charge >= 0.3 is 0 Å². The van der Waals surface area contributed by atoms with Crippen molar-refractivity contribution in [3.63, 3.8) is 0 Å². The van der Waals surface area contributed by atoms with Gasteiger partial charge in [0.1, 0.15) is 0 Å². The van der Waals surface area contributed by atoms with E-state index in [1.54, 1.807) is 0 Å². The van der Waals surface area contributed by atoms with E-state index in [0.717, 1.165) is 29.6 Å². The maximum Gasteiger partial charge on any atom is 0.260 e. The van der Waals surface area contributed by atoms with Gasteiger partial charge in [0.15, 0.2) is 22.6 Å². The van der Waals surface area contributed by atoms with Gasteiger partial charge in [0, 0.05) is 30.1 Å². The number of aromatic nitrogens is 1. The molecule has 9 heteroatoms. The number of benzene rings is 2. The number of morpholine rings is 1. The van der Waals surface area contributed by atoms with Crippen molar-refractivity contribution in [3.05, 3.63) is 70.4 Å². The second-order valence-electron chi connectivity index (χ2n) is 6.72. The Kier molecular flexibility index (Phi) is 6.12. The molecule has 1 aliphatic heterocycles. The third kappa shape index (κ3) is 4.38. The Balaban J connectivity index is 1.62. The third-order valence-corrected chi connectivity index (χ3v) is 5.67. The molecule has 3 aromatic rings. The maximum absolute atomic E-state index is 14.0. The number of carbonyl (C=O) groups is 1. The van der Waals surface area contributed by atoms with Crippen LogP contribution in [-0.2, 0) is 11.3 Å². The number of carbonyl (C=O) groups excluding carboxylic acids is 1. The fraction of sp³-hybridized carbons (Fsp3) is 0.238. The van der Waals surface area contributed by atoms with Crippen LogP contribution in [0.5, 0.6) is 0 Å². The zero-order valence-electron chi connectivity index (χ0n) is 15.8. The predicted molar refractivity (Wildman–Crippen MR) is 108 cm³/mol. The molecule has 0 bridgehead atoms. The predicted octanol–water partition coefficient (Wildman–Crippen LogP) is 4.31. The summed E-state index contributed by atoms with van der Waals surface area (Å²) in [5, 5.41) is 2.77. The second-order valence-corrected chi connectivity index (χ2v) is 7.81. The van der Waals surface area contributed by atoms with Crippen LogP contribution >= 0.6 is 11.3 Å². The molecule has 0 atom stereocenters. The van der Waals surface area contributed by atoms with Crippen molar-refractivity contribution in [2.24, 2.45) is 0 Å². The molecule has 1 aromatic heterocycles. The van der Waals surface area contributed by atoms with E-state index in [4.69, 9.17) is 4.74 Å². The molecule has 0 radical (unpaired) electrons. The molecule has 1 N–H and O–H groups in total. The van der Waals surface area contributed by atoms with Gasteiger partial charge in [0.05, 0.1) is 24.5 Å². The molecular formula is C21H18F3N3O2S. The molecule has 30 heavy (non-hydrogen) atoms. The molecule has 2 heterocycles. The molecule has 0 spiro atoms. The molecule has 0 unspecified atom stereocenters. The summed E-state index contributed by atoms with van der Waals surface area (Å²) in [6.45, 7) is 3.50. The number of thiazole rings is 1. The van der Waals surface area contributed by atoms with Gasteiger partial charge in [-0.2, -0.15) is 0 Å². The average Bonchev–Trinajstić information content (AvgIpc) is 3.15. The molecule has 1 saturated heterocycles. The average molecular weight is 433 g/mol. The molecule has 0 aliphatic carbocycles. The van der Waals surface area contributed by atoms with Crippen LogP contribution in [0.3, 0.4) is 0 Å². The number of amides is 1. The molecule has 5 nitrogen and oxygen atoms in total. The fourth-order valence-electron chi connectivity index (χ4n) is 3.16. The summed E-state index contributed by atoms with van der Waals surface area (Å²) in [6, 6.07) is 11.1. The molecule has 1 fully saturated rings. The van der Waals surface area contributed by atoms with E-state index in [1.807, 2.05) is 30.3 Å². The van der Waals surface area contributed by atoms with E-state index >= 15 is 0 Å². The first-order valence-electron chi connectivity index (χ1n) is 9.33. The minimum absolute atomic E-state index is 0.256. The number of hydrogen-bond donors (Lipinski definition) is 1. The first-order chi connectivity index (χ1) is 14.5. The standard InChI is InChI=1S/C21H18F3N3O2S/c22-15-7-6-14(17(23)18(15)24)20(28)26-21-25-19(13-4-2-1-3-5-13)16(30-21)12-27-8-10-29-11-9-27/h1-7H,8-12H2,(H,25,26,28). The lowest BCUT2D eigenvalue weighted by atomic mass is 10.1. The largest absolute Gasteiger partial charge is 0.379 e. The summed E-state index contributed by atoms with van der Waals surface area (Å²) < 4.78 is 46.0. The Morgan fingerprint density at radius 1 is 1.07 bits per heavy atom. The second kappa shape index (κ2) is 8.95. The van der Waals surface area contributed by atoms with Gasteiger partial charge < -0.3 is 4.74 Å².